The highest BCUT2D eigenvalue weighted by atomic mass is 35.5. The minimum atomic E-state index is 0.673. The highest BCUT2D eigenvalue weighted by Crippen LogP contribution is 2.19. The molecule has 0 aliphatic heterocycles. The minimum absolute atomic E-state index is 0.673. The van der Waals surface area contributed by atoms with E-state index in [4.69, 9.17) is 16.3 Å². The standard InChI is InChI=1S/C8H10ClNO/c1-3-8-7(9)4-6(11-2)5-10-8/h4-5H,3H2,1-2H3. The van der Waals surface area contributed by atoms with Gasteiger partial charge in [0.05, 0.1) is 24.0 Å². The van der Waals surface area contributed by atoms with Gasteiger partial charge in [-0.3, -0.25) is 4.98 Å². The Labute approximate surface area is 71.2 Å². The van der Waals surface area contributed by atoms with Crippen LogP contribution in [0.4, 0.5) is 0 Å². The molecule has 0 radical (unpaired) electrons. The molecule has 11 heavy (non-hydrogen) atoms. The molecule has 0 spiro atoms. The summed E-state index contributed by atoms with van der Waals surface area (Å²) in [5, 5.41) is 0.673. The van der Waals surface area contributed by atoms with Crippen LogP contribution in [0.3, 0.4) is 0 Å². The molecule has 0 atom stereocenters. The predicted octanol–water partition coefficient (Wildman–Crippen LogP) is 2.31. The van der Waals surface area contributed by atoms with Crippen LogP contribution in [0.5, 0.6) is 5.75 Å². The van der Waals surface area contributed by atoms with Crippen LogP contribution < -0.4 is 4.74 Å². The van der Waals surface area contributed by atoms with Crippen LogP contribution in [0, 0.1) is 0 Å². The lowest BCUT2D eigenvalue weighted by molar-refractivity contribution is 0.412. The largest absolute Gasteiger partial charge is 0.495 e. The molecule has 60 valence electrons. The zero-order valence-corrected chi connectivity index (χ0v) is 7.35. The molecule has 0 aliphatic carbocycles. The second-order valence-corrected chi connectivity index (χ2v) is 2.56. The van der Waals surface area contributed by atoms with Crippen molar-refractivity contribution in [1.29, 1.82) is 0 Å². The van der Waals surface area contributed by atoms with E-state index in [1.54, 1.807) is 19.4 Å². The fraction of sp³-hybridized carbons (Fsp3) is 0.375. The van der Waals surface area contributed by atoms with Gasteiger partial charge >= 0.3 is 0 Å². The Morgan fingerprint density at radius 1 is 1.64 bits per heavy atom. The van der Waals surface area contributed by atoms with Crippen LogP contribution in [0.15, 0.2) is 12.3 Å². The number of halogens is 1. The van der Waals surface area contributed by atoms with Crippen LogP contribution in [-0.2, 0) is 6.42 Å². The van der Waals surface area contributed by atoms with Gasteiger partial charge in [0, 0.05) is 6.07 Å². The predicted molar refractivity (Wildman–Crippen MR) is 45.2 cm³/mol. The molecule has 0 aromatic carbocycles. The molecule has 2 nitrogen and oxygen atoms in total. The van der Waals surface area contributed by atoms with Gasteiger partial charge < -0.3 is 4.74 Å². The topological polar surface area (TPSA) is 22.1 Å². The van der Waals surface area contributed by atoms with Gasteiger partial charge in [-0.05, 0) is 6.42 Å². The number of aromatic nitrogens is 1. The van der Waals surface area contributed by atoms with Crippen LogP contribution in [0.1, 0.15) is 12.6 Å². The Morgan fingerprint density at radius 3 is 2.82 bits per heavy atom. The lowest BCUT2D eigenvalue weighted by Crippen LogP contribution is -1.90. The third-order valence-corrected chi connectivity index (χ3v) is 1.79. The van der Waals surface area contributed by atoms with Gasteiger partial charge in [-0.15, -0.1) is 0 Å². The van der Waals surface area contributed by atoms with Crippen molar-refractivity contribution in [2.75, 3.05) is 7.11 Å². The fourth-order valence-corrected chi connectivity index (χ4v) is 1.11. The first kappa shape index (κ1) is 8.34. The highest BCUT2D eigenvalue weighted by molar-refractivity contribution is 6.31. The van der Waals surface area contributed by atoms with Crippen molar-refractivity contribution >= 4 is 11.6 Å². The molecule has 0 aliphatic rings. The van der Waals surface area contributed by atoms with Crippen molar-refractivity contribution in [2.45, 2.75) is 13.3 Å². The van der Waals surface area contributed by atoms with Crippen LogP contribution >= 0.6 is 11.6 Å². The lowest BCUT2D eigenvalue weighted by atomic mass is 10.3. The summed E-state index contributed by atoms with van der Waals surface area (Å²) >= 11 is 5.87. The van der Waals surface area contributed by atoms with Gasteiger partial charge in [-0.1, -0.05) is 18.5 Å². The first-order valence-electron chi connectivity index (χ1n) is 3.46. The Kier molecular flexibility index (Phi) is 2.71. The van der Waals surface area contributed by atoms with Crippen molar-refractivity contribution in [2.24, 2.45) is 0 Å². The zero-order valence-electron chi connectivity index (χ0n) is 6.60. The number of aryl methyl sites for hydroxylation is 1. The third kappa shape index (κ3) is 1.84. The molecule has 1 aromatic rings. The van der Waals surface area contributed by atoms with Gasteiger partial charge in [0.1, 0.15) is 5.75 Å². The number of ether oxygens (including phenoxy) is 1. The fourth-order valence-electron chi connectivity index (χ4n) is 0.820. The lowest BCUT2D eigenvalue weighted by Gasteiger charge is -2.02. The molecule has 0 bridgehead atoms. The van der Waals surface area contributed by atoms with Gasteiger partial charge in [0.2, 0.25) is 0 Å². The summed E-state index contributed by atoms with van der Waals surface area (Å²) in [5.74, 6) is 0.701. The Hall–Kier alpha value is -0.760. The summed E-state index contributed by atoms with van der Waals surface area (Å²) in [6, 6.07) is 1.77. The van der Waals surface area contributed by atoms with Gasteiger partial charge in [0.15, 0.2) is 0 Å². The van der Waals surface area contributed by atoms with Gasteiger partial charge in [-0.2, -0.15) is 0 Å². The number of hydrogen-bond donors (Lipinski definition) is 0. The number of hydrogen-bond acceptors (Lipinski definition) is 2. The molecule has 3 heteroatoms. The maximum atomic E-state index is 5.87. The van der Waals surface area contributed by atoms with Crippen molar-refractivity contribution in [1.82, 2.24) is 4.98 Å². The molecule has 1 rings (SSSR count). The Bertz CT molecular complexity index is 250. The van der Waals surface area contributed by atoms with E-state index in [-0.39, 0.29) is 0 Å². The normalized spacial score (nSPS) is 9.73. The molecule has 0 amide bonds. The monoisotopic (exact) mass is 171 g/mol. The molecular formula is C8H10ClNO. The molecular weight excluding hydrogens is 162 g/mol. The maximum absolute atomic E-state index is 5.87. The minimum Gasteiger partial charge on any atom is -0.495 e. The number of nitrogens with zero attached hydrogens (tertiary/aromatic N) is 1. The van der Waals surface area contributed by atoms with E-state index in [1.807, 2.05) is 6.92 Å². The first-order chi connectivity index (χ1) is 5.27. The average molecular weight is 172 g/mol. The van der Waals surface area contributed by atoms with E-state index in [9.17, 15) is 0 Å². The van der Waals surface area contributed by atoms with Crippen molar-refractivity contribution < 1.29 is 4.74 Å². The van der Waals surface area contributed by atoms with E-state index in [1.165, 1.54) is 0 Å². The van der Waals surface area contributed by atoms with Crippen molar-refractivity contribution in [3.8, 4) is 5.75 Å². The summed E-state index contributed by atoms with van der Waals surface area (Å²) in [4.78, 5) is 4.11. The maximum Gasteiger partial charge on any atom is 0.138 e. The van der Waals surface area contributed by atoms with Crippen molar-refractivity contribution in [3.63, 3.8) is 0 Å². The zero-order chi connectivity index (χ0) is 8.27. The smallest absolute Gasteiger partial charge is 0.138 e. The van der Waals surface area contributed by atoms with E-state index >= 15 is 0 Å². The first-order valence-corrected chi connectivity index (χ1v) is 3.84. The third-order valence-electron chi connectivity index (χ3n) is 1.46. The average Bonchev–Trinajstić information content (AvgIpc) is 2.04. The van der Waals surface area contributed by atoms with E-state index in [0.717, 1.165) is 12.1 Å². The molecule has 0 N–H and O–H groups in total. The Morgan fingerprint density at radius 2 is 2.36 bits per heavy atom. The molecule has 1 aromatic heterocycles. The van der Waals surface area contributed by atoms with Gasteiger partial charge in [0.25, 0.3) is 0 Å². The summed E-state index contributed by atoms with van der Waals surface area (Å²) in [6.07, 6.45) is 2.52. The van der Waals surface area contributed by atoms with Crippen LogP contribution in [-0.4, -0.2) is 12.1 Å². The van der Waals surface area contributed by atoms with Gasteiger partial charge in [-0.25, -0.2) is 0 Å². The summed E-state index contributed by atoms with van der Waals surface area (Å²) in [7, 11) is 1.60. The molecule has 1 heterocycles. The van der Waals surface area contributed by atoms with Crippen LogP contribution in [0.25, 0.3) is 0 Å². The summed E-state index contributed by atoms with van der Waals surface area (Å²) < 4.78 is 4.95. The van der Waals surface area contributed by atoms with Crippen LogP contribution in [0.2, 0.25) is 5.02 Å². The Balaban J connectivity index is 2.99. The SMILES string of the molecule is CCc1ncc(OC)cc1Cl. The second-order valence-electron chi connectivity index (χ2n) is 2.16. The summed E-state index contributed by atoms with van der Waals surface area (Å²) in [5.41, 5.74) is 0.910. The highest BCUT2D eigenvalue weighted by Gasteiger charge is 2.00. The number of methoxy groups -OCH3 is 1. The molecule has 0 saturated heterocycles. The van der Waals surface area contributed by atoms with E-state index in [0.29, 0.717) is 10.8 Å². The number of pyridine rings is 1. The van der Waals surface area contributed by atoms with E-state index < -0.39 is 0 Å². The van der Waals surface area contributed by atoms with Crippen molar-refractivity contribution in [3.05, 3.63) is 23.0 Å². The molecule has 0 unspecified atom stereocenters. The summed E-state index contributed by atoms with van der Waals surface area (Å²) in [6.45, 7) is 2.01. The molecule has 0 saturated carbocycles. The molecule has 0 fully saturated rings. The second kappa shape index (κ2) is 3.58. The quantitative estimate of drug-likeness (QED) is 0.682. The number of rotatable bonds is 2. The van der Waals surface area contributed by atoms with E-state index in [2.05, 4.69) is 4.98 Å².